The van der Waals surface area contributed by atoms with E-state index in [-0.39, 0.29) is 71.8 Å². The van der Waals surface area contributed by atoms with Gasteiger partial charge in [0.1, 0.15) is 17.5 Å². The maximum absolute atomic E-state index is 13.8. The molecule has 0 aliphatic carbocycles. The number of ether oxygens (including phenoxy) is 3. The largest absolute Gasteiger partial charge is 0.487 e. The molecule has 0 saturated heterocycles. The number of urea groups is 1. The highest BCUT2D eigenvalue weighted by molar-refractivity contribution is 7.92. The zero-order valence-electron chi connectivity index (χ0n) is 25.0. The number of aliphatic hydroxyl groups excluding tert-OH is 1. The van der Waals surface area contributed by atoms with E-state index >= 15 is 0 Å². The first-order valence-electron chi connectivity index (χ1n) is 14.0. The molecule has 2 aromatic carbocycles. The third-order valence-corrected chi connectivity index (χ3v) is 9.20. The summed E-state index contributed by atoms with van der Waals surface area (Å²) in [7, 11) is -2.45. The molecule has 5 rings (SSSR count). The first-order valence-corrected chi connectivity index (χ1v) is 15.5. The van der Waals surface area contributed by atoms with Crippen LogP contribution >= 0.6 is 0 Å². The molecule has 0 fully saturated rings. The molecule has 2 aliphatic heterocycles. The van der Waals surface area contributed by atoms with Crippen LogP contribution in [0.2, 0.25) is 0 Å². The molecule has 3 heterocycles. The quantitative estimate of drug-likeness (QED) is 0.336. The number of amides is 3. The first-order chi connectivity index (χ1) is 20.9. The summed E-state index contributed by atoms with van der Waals surface area (Å²) in [5.41, 5.74) is 0.964. The second kappa shape index (κ2) is 12.2. The maximum atomic E-state index is 13.8. The molecule has 0 unspecified atom stereocenters. The Kier molecular flexibility index (Phi) is 8.61. The van der Waals surface area contributed by atoms with Crippen LogP contribution in [0.3, 0.4) is 0 Å². The predicted octanol–water partition coefficient (Wildman–Crippen LogP) is 3.20. The van der Waals surface area contributed by atoms with Crippen LogP contribution in [-0.2, 0) is 10.0 Å². The number of fused-ring (bicyclic) bond motifs is 2. The lowest BCUT2D eigenvalue weighted by Gasteiger charge is -2.38. The topological polar surface area (TPSA) is 173 Å². The zero-order valence-corrected chi connectivity index (χ0v) is 25.8. The monoisotopic (exact) mass is 629 g/mol. The van der Waals surface area contributed by atoms with E-state index in [1.807, 2.05) is 6.92 Å². The molecule has 1 aromatic heterocycles. The minimum absolute atomic E-state index is 0.0849. The summed E-state index contributed by atoms with van der Waals surface area (Å²) >= 11 is 0. The summed E-state index contributed by atoms with van der Waals surface area (Å²) in [6.07, 6.45) is -0.562. The Morgan fingerprint density at radius 2 is 1.84 bits per heavy atom. The van der Waals surface area contributed by atoms with E-state index < -0.39 is 28.1 Å². The number of aromatic nitrogens is 1. The molecule has 15 heteroatoms. The van der Waals surface area contributed by atoms with E-state index in [0.717, 1.165) is 0 Å². The Hall–Kier alpha value is -4.50. The number of aryl methyl sites for hydroxylation is 2. The van der Waals surface area contributed by atoms with Gasteiger partial charge in [-0.15, -0.1) is 0 Å². The number of rotatable bonds is 8. The fourth-order valence-corrected chi connectivity index (χ4v) is 6.50. The van der Waals surface area contributed by atoms with Gasteiger partial charge < -0.3 is 39.0 Å². The second-order valence-corrected chi connectivity index (χ2v) is 12.6. The number of anilines is 2. The van der Waals surface area contributed by atoms with Crippen LogP contribution in [0.4, 0.5) is 16.2 Å². The van der Waals surface area contributed by atoms with Crippen molar-refractivity contribution in [2.75, 3.05) is 43.6 Å². The van der Waals surface area contributed by atoms with Crippen molar-refractivity contribution in [1.29, 1.82) is 0 Å². The van der Waals surface area contributed by atoms with Crippen LogP contribution in [0.1, 0.15) is 35.7 Å². The fraction of sp³-hybridized carbons (Fsp3) is 0.414. The third-order valence-electron chi connectivity index (χ3n) is 7.58. The average molecular weight is 630 g/mol. The van der Waals surface area contributed by atoms with Crippen LogP contribution in [-0.4, -0.2) is 86.1 Å². The van der Waals surface area contributed by atoms with E-state index in [2.05, 4.69) is 15.2 Å². The van der Waals surface area contributed by atoms with E-state index in [1.165, 1.54) is 41.8 Å². The second-order valence-electron chi connectivity index (χ2n) is 11.0. The SMILES string of the molecule is Cc1noc(C)c1S(=O)(=O)Nc1ccc2c(c1)C(=O)N([C@@H](C)CO)C[C@H](C)[C@@H](CN(C)C(=O)Nc1ccc3c(c1)OCO3)O2. The Balaban J connectivity index is 1.39. The Bertz CT molecular complexity index is 1660. The van der Waals surface area contributed by atoms with Crippen molar-refractivity contribution in [3.8, 4) is 17.2 Å². The number of carbonyl (C=O) groups is 2. The molecule has 3 aromatic rings. The number of aliphatic hydroxyl groups is 1. The van der Waals surface area contributed by atoms with Gasteiger partial charge in [-0.3, -0.25) is 9.52 Å². The van der Waals surface area contributed by atoms with Crippen molar-refractivity contribution in [3.05, 3.63) is 53.4 Å². The van der Waals surface area contributed by atoms with Crippen molar-refractivity contribution >= 4 is 33.3 Å². The normalized spacial score (nSPS) is 18.5. The van der Waals surface area contributed by atoms with Gasteiger partial charge in [-0.2, -0.15) is 0 Å². The molecule has 14 nitrogen and oxygen atoms in total. The lowest BCUT2D eigenvalue weighted by molar-refractivity contribution is 0.0371. The summed E-state index contributed by atoms with van der Waals surface area (Å²) < 4.78 is 50.8. The number of sulfonamides is 1. The van der Waals surface area contributed by atoms with Crippen LogP contribution in [0, 0.1) is 19.8 Å². The third kappa shape index (κ3) is 6.24. The van der Waals surface area contributed by atoms with Crippen LogP contribution in [0.5, 0.6) is 17.2 Å². The number of nitrogens with one attached hydrogen (secondary N) is 2. The van der Waals surface area contributed by atoms with E-state index in [0.29, 0.717) is 17.2 Å². The number of benzene rings is 2. The van der Waals surface area contributed by atoms with Gasteiger partial charge in [0.2, 0.25) is 6.79 Å². The van der Waals surface area contributed by atoms with Crippen molar-refractivity contribution in [1.82, 2.24) is 15.0 Å². The average Bonchev–Trinajstić information content (AvgIpc) is 3.59. The van der Waals surface area contributed by atoms with Gasteiger partial charge in [0, 0.05) is 37.0 Å². The van der Waals surface area contributed by atoms with E-state index in [1.54, 1.807) is 32.2 Å². The number of hydrogen-bond acceptors (Lipinski definition) is 10. The Morgan fingerprint density at radius 3 is 2.55 bits per heavy atom. The number of likely N-dealkylation sites (N-methyl/N-ethyl adjacent to an activating group) is 1. The zero-order chi connectivity index (χ0) is 31.8. The number of nitrogens with zero attached hydrogens (tertiary/aromatic N) is 3. The van der Waals surface area contributed by atoms with E-state index in [4.69, 9.17) is 18.7 Å². The molecule has 236 valence electrons. The minimum atomic E-state index is -4.08. The Morgan fingerprint density at radius 1 is 1.14 bits per heavy atom. The predicted molar refractivity (Wildman–Crippen MR) is 159 cm³/mol. The summed E-state index contributed by atoms with van der Waals surface area (Å²) in [6.45, 7) is 6.85. The summed E-state index contributed by atoms with van der Waals surface area (Å²) in [5.74, 6) is 0.801. The van der Waals surface area contributed by atoms with Crippen LogP contribution < -0.4 is 24.2 Å². The molecule has 44 heavy (non-hydrogen) atoms. The smallest absolute Gasteiger partial charge is 0.321 e. The van der Waals surface area contributed by atoms with Gasteiger partial charge in [-0.1, -0.05) is 12.1 Å². The summed E-state index contributed by atoms with van der Waals surface area (Å²) in [6, 6.07) is 8.57. The van der Waals surface area contributed by atoms with Gasteiger partial charge >= 0.3 is 6.03 Å². The molecule has 0 bridgehead atoms. The molecule has 0 spiro atoms. The molecule has 3 atom stereocenters. The summed E-state index contributed by atoms with van der Waals surface area (Å²) in [5, 5.41) is 16.5. The maximum Gasteiger partial charge on any atom is 0.321 e. The molecule has 0 radical (unpaired) electrons. The summed E-state index contributed by atoms with van der Waals surface area (Å²) in [4.78, 5) is 29.8. The van der Waals surface area contributed by atoms with Crippen molar-refractivity contribution < 1.29 is 41.8 Å². The molecular formula is C29H35N5O9S. The van der Waals surface area contributed by atoms with Crippen molar-refractivity contribution in [3.63, 3.8) is 0 Å². The fourth-order valence-electron chi connectivity index (χ4n) is 5.11. The highest BCUT2D eigenvalue weighted by Crippen LogP contribution is 2.35. The molecular weight excluding hydrogens is 594 g/mol. The number of carbonyl (C=O) groups excluding carboxylic acids is 2. The highest BCUT2D eigenvalue weighted by Gasteiger charge is 2.35. The first kappa shape index (κ1) is 30.9. The van der Waals surface area contributed by atoms with Gasteiger partial charge in [0.25, 0.3) is 15.9 Å². The lowest BCUT2D eigenvalue weighted by atomic mass is 9.99. The molecule has 3 N–H and O–H groups in total. The van der Waals surface area contributed by atoms with Gasteiger partial charge in [0.15, 0.2) is 22.2 Å². The van der Waals surface area contributed by atoms with E-state index in [9.17, 15) is 23.1 Å². The lowest BCUT2D eigenvalue weighted by Crippen LogP contribution is -2.50. The van der Waals surface area contributed by atoms with Crippen LogP contribution in [0.25, 0.3) is 0 Å². The molecule has 0 saturated carbocycles. The molecule has 3 amide bonds. The standard InChI is InChI=1S/C29H35N5O9S/c1-16-12-34(17(2)14-35)28(36)22-10-21(32-44(38,39)27-18(3)31-43-19(27)4)7-8-23(22)42-26(16)13-33(5)29(37)30-20-6-9-24-25(11-20)41-15-40-24/h6-11,16-17,26,32,35H,12-15H2,1-5H3,(H,30,37)/t16-,17-,26+/m0/s1. The van der Waals surface area contributed by atoms with Crippen molar-refractivity contribution in [2.24, 2.45) is 5.92 Å². The highest BCUT2D eigenvalue weighted by atomic mass is 32.2. The molecule has 2 aliphatic rings. The van der Waals surface area contributed by atoms with Gasteiger partial charge in [-0.05, 0) is 51.1 Å². The minimum Gasteiger partial charge on any atom is -0.487 e. The van der Waals surface area contributed by atoms with Crippen LogP contribution in [0.15, 0.2) is 45.8 Å². The van der Waals surface area contributed by atoms with Crippen molar-refractivity contribution in [2.45, 2.75) is 44.7 Å². The number of hydrogen-bond donors (Lipinski definition) is 3. The van der Waals surface area contributed by atoms with Gasteiger partial charge in [-0.25, -0.2) is 13.2 Å². The Labute approximate surface area is 254 Å². The van der Waals surface area contributed by atoms with Gasteiger partial charge in [0.05, 0.1) is 24.8 Å².